The summed E-state index contributed by atoms with van der Waals surface area (Å²) in [5, 5.41) is 7.54. The molecule has 0 amide bonds. The van der Waals surface area contributed by atoms with Crippen LogP contribution < -0.4 is 15.4 Å². The van der Waals surface area contributed by atoms with Crippen LogP contribution in [0.2, 0.25) is 0 Å². The molecule has 138 valence electrons. The first-order chi connectivity index (χ1) is 12.6. The molecular formula is C22H28N2OS. The number of methoxy groups -OCH3 is 1. The molecule has 3 nitrogen and oxygen atoms in total. The first kappa shape index (κ1) is 18.7. The fourth-order valence-corrected chi connectivity index (χ4v) is 3.68. The highest BCUT2D eigenvalue weighted by Crippen LogP contribution is 2.32. The van der Waals surface area contributed by atoms with Gasteiger partial charge in [0.1, 0.15) is 5.75 Å². The maximum atomic E-state index is 5.54. The SMILES string of the molecule is COc1ccc2c(c1)C(NC(=S)NCc1ccc(C(C)C)cc1)CCC2. The fourth-order valence-electron chi connectivity index (χ4n) is 3.47. The number of rotatable bonds is 5. The quantitative estimate of drug-likeness (QED) is 0.739. The topological polar surface area (TPSA) is 33.3 Å². The molecule has 2 aromatic rings. The Morgan fingerprint density at radius 3 is 2.65 bits per heavy atom. The summed E-state index contributed by atoms with van der Waals surface area (Å²) >= 11 is 5.54. The lowest BCUT2D eigenvalue weighted by molar-refractivity contribution is 0.411. The molecule has 0 aliphatic heterocycles. The molecule has 0 saturated carbocycles. The van der Waals surface area contributed by atoms with E-state index in [0.29, 0.717) is 11.0 Å². The zero-order valence-electron chi connectivity index (χ0n) is 15.8. The van der Waals surface area contributed by atoms with Crippen LogP contribution in [0.4, 0.5) is 0 Å². The van der Waals surface area contributed by atoms with E-state index in [1.165, 1.54) is 28.7 Å². The van der Waals surface area contributed by atoms with E-state index in [-0.39, 0.29) is 6.04 Å². The number of thiocarbonyl (C=S) groups is 1. The first-order valence-electron chi connectivity index (χ1n) is 9.37. The molecule has 0 spiro atoms. The first-order valence-corrected chi connectivity index (χ1v) is 9.77. The van der Waals surface area contributed by atoms with Gasteiger partial charge in [-0.3, -0.25) is 0 Å². The maximum absolute atomic E-state index is 5.54. The highest BCUT2D eigenvalue weighted by atomic mass is 32.1. The van der Waals surface area contributed by atoms with Crippen LogP contribution in [-0.4, -0.2) is 12.2 Å². The van der Waals surface area contributed by atoms with Crippen molar-refractivity contribution in [2.75, 3.05) is 7.11 Å². The maximum Gasteiger partial charge on any atom is 0.167 e. The van der Waals surface area contributed by atoms with Crippen molar-refractivity contribution in [2.45, 2.75) is 51.6 Å². The number of aryl methyl sites for hydroxylation is 1. The van der Waals surface area contributed by atoms with Gasteiger partial charge in [-0.2, -0.15) is 0 Å². The molecule has 0 aromatic heterocycles. The van der Waals surface area contributed by atoms with E-state index in [0.717, 1.165) is 25.1 Å². The predicted molar refractivity (Wildman–Crippen MR) is 112 cm³/mol. The van der Waals surface area contributed by atoms with Crippen molar-refractivity contribution in [3.8, 4) is 5.75 Å². The molecular weight excluding hydrogens is 340 g/mol. The third-order valence-electron chi connectivity index (χ3n) is 5.07. The van der Waals surface area contributed by atoms with Crippen molar-refractivity contribution in [1.29, 1.82) is 0 Å². The molecule has 0 bridgehead atoms. The summed E-state index contributed by atoms with van der Waals surface area (Å²) in [6.45, 7) is 5.16. The number of hydrogen-bond acceptors (Lipinski definition) is 2. The van der Waals surface area contributed by atoms with Crippen molar-refractivity contribution < 1.29 is 4.74 Å². The molecule has 2 aromatic carbocycles. The van der Waals surface area contributed by atoms with Gasteiger partial charge < -0.3 is 15.4 Å². The van der Waals surface area contributed by atoms with Crippen LogP contribution in [0.25, 0.3) is 0 Å². The molecule has 0 saturated heterocycles. The minimum Gasteiger partial charge on any atom is -0.497 e. The Morgan fingerprint density at radius 2 is 1.96 bits per heavy atom. The number of nitrogens with one attached hydrogen (secondary N) is 2. The lowest BCUT2D eigenvalue weighted by Gasteiger charge is -2.28. The number of hydrogen-bond donors (Lipinski definition) is 2. The fraction of sp³-hybridized carbons (Fsp3) is 0.409. The second-order valence-electron chi connectivity index (χ2n) is 7.23. The lowest BCUT2D eigenvalue weighted by atomic mass is 9.87. The number of fused-ring (bicyclic) bond motifs is 1. The highest BCUT2D eigenvalue weighted by molar-refractivity contribution is 7.80. The van der Waals surface area contributed by atoms with Gasteiger partial charge in [0, 0.05) is 6.54 Å². The van der Waals surface area contributed by atoms with E-state index in [9.17, 15) is 0 Å². The van der Waals surface area contributed by atoms with Gasteiger partial charge in [0.15, 0.2) is 5.11 Å². The predicted octanol–water partition coefficient (Wildman–Crippen LogP) is 4.86. The minimum absolute atomic E-state index is 0.247. The van der Waals surface area contributed by atoms with Gasteiger partial charge in [0.2, 0.25) is 0 Å². The summed E-state index contributed by atoms with van der Waals surface area (Å²) in [6.07, 6.45) is 3.39. The summed E-state index contributed by atoms with van der Waals surface area (Å²) < 4.78 is 5.39. The monoisotopic (exact) mass is 368 g/mol. The van der Waals surface area contributed by atoms with Gasteiger partial charge in [-0.05, 0) is 71.8 Å². The van der Waals surface area contributed by atoms with E-state index in [2.05, 4.69) is 60.9 Å². The van der Waals surface area contributed by atoms with Crippen molar-refractivity contribution in [3.63, 3.8) is 0 Å². The summed E-state index contributed by atoms with van der Waals surface area (Å²) in [5.41, 5.74) is 5.30. The van der Waals surface area contributed by atoms with Crippen LogP contribution in [-0.2, 0) is 13.0 Å². The van der Waals surface area contributed by atoms with Crippen molar-refractivity contribution >= 4 is 17.3 Å². The number of benzene rings is 2. The van der Waals surface area contributed by atoms with Crippen molar-refractivity contribution in [3.05, 3.63) is 64.7 Å². The van der Waals surface area contributed by atoms with Crippen LogP contribution in [0, 0.1) is 0 Å². The van der Waals surface area contributed by atoms with Crippen LogP contribution in [0.15, 0.2) is 42.5 Å². The summed E-state index contributed by atoms with van der Waals surface area (Å²) in [4.78, 5) is 0. The Labute approximate surface area is 162 Å². The van der Waals surface area contributed by atoms with Gasteiger partial charge in [0.25, 0.3) is 0 Å². The van der Waals surface area contributed by atoms with Gasteiger partial charge in [-0.25, -0.2) is 0 Å². The molecule has 0 radical (unpaired) electrons. The zero-order chi connectivity index (χ0) is 18.5. The molecule has 1 atom stereocenters. The van der Waals surface area contributed by atoms with E-state index in [1.54, 1.807) is 7.11 Å². The average molecular weight is 369 g/mol. The molecule has 0 fully saturated rings. The van der Waals surface area contributed by atoms with Gasteiger partial charge in [-0.15, -0.1) is 0 Å². The molecule has 2 N–H and O–H groups in total. The van der Waals surface area contributed by atoms with E-state index >= 15 is 0 Å². The highest BCUT2D eigenvalue weighted by Gasteiger charge is 2.21. The lowest BCUT2D eigenvalue weighted by Crippen LogP contribution is -2.38. The Kier molecular flexibility index (Phi) is 6.15. The molecule has 1 aliphatic rings. The summed E-state index contributed by atoms with van der Waals surface area (Å²) in [6, 6.07) is 15.3. The Bertz CT molecular complexity index is 755. The van der Waals surface area contributed by atoms with Gasteiger partial charge >= 0.3 is 0 Å². The summed E-state index contributed by atoms with van der Waals surface area (Å²) in [5.74, 6) is 1.46. The van der Waals surface area contributed by atoms with Crippen LogP contribution >= 0.6 is 12.2 Å². The van der Waals surface area contributed by atoms with E-state index < -0.39 is 0 Å². The number of ether oxygens (including phenoxy) is 1. The van der Waals surface area contributed by atoms with E-state index in [1.807, 2.05) is 6.07 Å². The van der Waals surface area contributed by atoms with Crippen molar-refractivity contribution in [2.24, 2.45) is 0 Å². The molecule has 0 heterocycles. The molecule has 1 aliphatic carbocycles. The standard InChI is InChI=1S/C22H28N2OS/c1-15(2)17-9-7-16(8-10-17)14-23-22(26)24-21-6-4-5-18-11-12-19(25-3)13-20(18)21/h7-13,15,21H,4-6,14H2,1-3H3,(H2,23,24,26). The minimum atomic E-state index is 0.247. The van der Waals surface area contributed by atoms with Crippen LogP contribution in [0.1, 0.15) is 60.9 Å². The second kappa shape index (κ2) is 8.54. The normalized spacial score (nSPS) is 16.1. The second-order valence-corrected chi connectivity index (χ2v) is 7.64. The third kappa shape index (κ3) is 4.55. The molecule has 1 unspecified atom stereocenters. The Morgan fingerprint density at radius 1 is 1.19 bits per heavy atom. The van der Waals surface area contributed by atoms with E-state index in [4.69, 9.17) is 17.0 Å². The Hall–Kier alpha value is -2.07. The third-order valence-corrected chi connectivity index (χ3v) is 5.33. The van der Waals surface area contributed by atoms with Crippen LogP contribution in [0.5, 0.6) is 5.75 Å². The average Bonchev–Trinajstić information content (AvgIpc) is 2.66. The summed E-state index contributed by atoms with van der Waals surface area (Å²) in [7, 11) is 1.71. The van der Waals surface area contributed by atoms with Gasteiger partial charge in [-0.1, -0.05) is 44.2 Å². The van der Waals surface area contributed by atoms with Gasteiger partial charge in [0.05, 0.1) is 13.2 Å². The largest absolute Gasteiger partial charge is 0.497 e. The van der Waals surface area contributed by atoms with Crippen molar-refractivity contribution in [1.82, 2.24) is 10.6 Å². The van der Waals surface area contributed by atoms with Crippen LogP contribution in [0.3, 0.4) is 0 Å². The molecule has 3 rings (SSSR count). The molecule has 4 heteroatoms. The Balaban J connectivity index is 1.59. The zero-order valence-corrected chi connectivity index (χ0v) is 16.7. The smallest absolute Gasteiger partial charge is 0.167 e. The molecule has 26 heavy (non-hydrogen) atoms.